The SMILES string of the molecule is CCCC(=O)Nc1cccc(-c2ccc([C@@]3(CC(=O)NO)CCCCS3(=O)=O)s2)c1. The fraction of sp³-hybridized carbons (Fsp3) is 0.429. The summed E-state index contributed by atoms with van der Waals surface area (Å²) in [6.45, 7) is 1.94. The molecule has 0 bridgehead atoms. The van der Waals surface area contributed by atoms with E-state index in [1.807, 2.05) is 37.3 Å². The number of anilines is 1. The number of sulfone groups is 1. The topological polar surface area (TPSA) is 113 Å². The monoisotopic (exact) mass is 450 g/mol. The third-order valence-electron chi connectivity index (χ3n) is 5.37. The molecular weight excluding hydrogens is 424 g/mol. The van der Waals surface area contributed by atoms with Crippen LogP contribution in [-0.2, 0) is 24.2 Å². The van der Waals surface area contributed by atoms with Crippen molar-refractivity contribution in [2.75, 3.05) is 11.1 Å². The lowest BCUT2D eigenvalue weighted by atomic mass is 9.94. The number of carbonyl (C=O) groups excluding carboxylic acids is 2. The van der Waals surface area contributed by atoms with Gasteiger partial charge in [0, 0.05) is 21.9 Å². The summed E-state index contributed by atoms with van der Waals surface area (Å²) in [4.78, 5) is 25.3. The molecule has 1 aromatic heterocycles. The summed E-state index contributed by atoms with van der Waals surface area (Å²) >= 11 is 1.33. The van der Waals surface area contributed by atoms with Crippen LogP contribution >= 0.6 is 11.3 Å². The maximum atomic E-state index is 13.0. The van der Waals surface area contributed by atoms with Gasteiger partial charge in [-0.1, -0.05) is 25.5 Å². The predicted octanol–water partition coefficient (Wildman–Crippen LogP) is 3.84. The van der Waals surface area contributed by atoms with Crippen molar-refractivity contribution in [3.05, 3.63) is 41.3 Å². The van der Waals surface area contributed by atoms with Crippen molar-refractivity contribution in [3.8, 4) is 10.4 Å². The van der Waals surface area contributed by atoms with Gasteiger partial charge in [0.05, 0.1) is 12.2 Å². The number of hydrogen-bond donors (Lipinski definition) is 3. The Labute approximate surface area is 180 Å². The van der Waals surface area contributed by atoms with Crippen molar-refractivity contribution in [1.29, 1.82) is 0 Å². The molecule has 1 aliphatic rings. The second kappa shape index (κ2) is 9.28. The Morgan fingerprint density at radius 2 is 1.97 bits per heavy atom. The summed E-state index contributed by atoms with van der Waals surface area (Å²) < 4.78 is 24.7. The number of amides is 2. The van der Waals surface area contributed by atoms with Crippen LogP contribution in [0.5, 0.6) is 0 Å². The van der Waals surface area contributed by atoms with Gasteiger partial charge in [-0.25, -0.2) is 13.9 Å². The van der Waals surface area contributed by atoms with E-state index in [9.17, 15) is 18.0 Å². The van der Waals surface area contributed by atoms with Gasteiger partial charge in [0.2, 0.25) is 11.8 Å². The van der Waals surface area contributed by atoms with Crippen LogP contribution in [0, 0.1) is 0 Å². The molecule has 162 valence electrons. The van der Waals surface area contributed by atoms with Gasteiger partial charge >= 0.3 is 0 Å². The maximum Gasteiger partial charge on any atom is 0.245 e. The van der Waals surface area contributed by atoms with Crippen molar-refractivity contribution in [2.24, 2.45) is 0 Å². The Morgan fingerprint density at radius 3 is 2.67 bits per heavy atom. The number of rotatable bonds is 7. The minimum atomic E-state index is -3.56. The highest BCUT2D eigenvalue weighted by Gasteiger charge is 2.49. The van der Waals surface area contributed by atoms with Crippen LogP contribution < -0.4 is 10.8 Å². The van der Waals surface area contributed by atoms with E-state index >= 15 is 0 Å². The number of benzene rings is 1. The largest absolute Gasteiger partial charge is 0.326 e. The first-order chi connectivity index (χ1) is 14.3. The molecule has 2 heterocycles. The van der Waals surface area contributed by atoms with Crippen LogP contribution in [-0.4, -0.2) is 31.2 Å². The van der Waals surface area contributed by atoms with E-state index in [4.69, 9.17) is 5.21 Å². The molecule has 1 atom stereocenters. The summed E-state index contributed by atoms with van der Waals surface area (Å²) in [5.74, 6) is -0.738. The van der Waals surface area contributed by atoms with Crippen LogP contribution in [0.4, 0.5) is 5.69 Å². The van der Waals surface area contributed by atoms with E-state index < -0.39 is 20.5 Å². The zero-order chi connectivity index (χ0) is 21.8. The van der Waals surface area contributed by atoms with Crippen molar-refractivity contribution in [2.45, 2.75) is 50.2 Å². The highest BCUT2D eigenvalue weighted by atomic mass is 32.2. The summed E-state index contributed by atoms with van der Waals surface area (Å²) in [6, 6.07) is 11.0. The Kier molecular flexibility index (Phi) is 6.95. The van der Waals surface area contributed by atoms with Crippen LogP contribution in [0.3, 0.4) is 0 Å². The summed E-state index contributed by atoms with van der Waals surface area (Å²) in [6.07, 6.45) is 2.51. The fourth-order valence-corrected chi connectivity index (χ4v) is 7.63. The van der Waals surface area contributed by atoms with E-state index in [1.165, 1.54) is 11.3 Å². The first-order valence-electron chi connectivity index (χ1n) is 9.97. The molecule has 2 aromatic rings. The molecule has 9 heteroatoms. The molecule has 1 fully saturated rings. The van der Waals surface area contributed by atoms with Crippen LogP contribution in [0.15, 0.2) is 36.4 Å². The number of thiophene rings is 1. The molecule has 0 unspecified atom stereocenters. The third-order valence-corrected chi connectivity index (χ3v) is 9.43. The normalized spacial score (nSPS) is 20.5. The zero-order valence-electron chi connectivity index (χ0n) is 16.8. The van der Waals surface area contributed by atoms with E-state index in [-0.39, 0.29) is 18.1 Å². The molecule has 3 rings (SSSR count). The van der Waals surface area contributed by atoms with Crippen LogP contribution in [0.25, 0.3) is 10.4 Å². The Balaban J connectivity index is 1.95. The number of hydroxylamine groups is 1. The van der Waals surface area contributed by atoms with Crippen molar-refractivity contribution in [1.82, 2.24) is 5.48 Å². The Bertz CT molecular complexity index is 1030. The highest BCUT2D eigenvalue weighted by molar-refractivity contribution is 7.92. The molecule has 2 amide bonds. The van der Waals surface area contributed by atoms with Crippen molar-refractivity contribution in [3.63, 3.8) is 0 Å². The van der Waals surface area contributed by atoms with Gasteiger partial charge in [-0.05, 0) is 49.1 Å². The first kappa shape index (κ1) is 22.5. The smallest absolute Gasteiger partial charge is 0.245 e. The highest BCUT2D eigenvalue weighted by Crippen LogP contribution is 2.47. The van der Waals surface area contributed by atoms with Crippen molar-refractivity contribution >= 4 is 38.7 Å². The average molecular weight is 451 g/mol. The van der Waals surface area contributed by atoms with Gasteiger partial charge in [-0.15, -0.1) is 11.3 Å². The van der Waals surface area contributed by atoms with Gasteiger partial charge in [-0.2, -0.15) is 0 Å². The van der Waals surface area contributed by atoms with E-state index in [2.05, 4.69) is 5.32 Å². The van der Waals surface area contributed by atoms with Gasteiger partial charge in [0.1, 0.15) is 4.75 Å². The van der Waals surface area contributed by atoms with Gasteiger partial charge in [0.25, 0.3) is 0 Å². The van der Waals surface area contributed by atoms with Crippen molar-refractivity contribution < 1.29 is 23.2 Å². The molecule has 1 aliphatic heterocycles. The second-order valence-corrected chi connectivity index (χ2v) is 11.0. The summed E-state index contributed by atoms with van der Waals surface area (Å²) in [7, 11) is -3.56. The molecule has 3 N–H and O–H groups in total. The number of nitrogens with one attached hydrogen (secondary N) is 2. The molecule has 0 radical (unpaired) electrons. The molecule has 0 saturated carbocycles. The van der Waals surface area contributed by atoms with Gasteiger partial charge < -0.3 is 5.32 Å². The van der Waals surface area contributed by atoms with E-state index in [0.29, 0.717) is 36.2 Å². The van der Waals surface area contributed by atoms with Crippen LogP contribution in [0.1, 0.15) is 50.3 Å². The predicted molar refractivity (Wildman–Crippen MR) is 117 cm³/mol. The molecular formula is C21H26N2O5S2. The molecule has 1 saturated heterocycles. The van der Waals surface area contributed by atoms with Crippen LogP contribution in [0.2, 0.25) is 0 Å². The molecule has 30 heavy (non-hydrogen) atoms. The van der Waals surface area contributed by atoms with E-state index in [0.717, 1.165) is 16.9 Å². The molecule has 1 aromatic carbocycles. The lowest BCUT2D eigenvalue weighted by Crippen LogP contribution is -2.43. The Hall–Kier alpha value is -2.23. The fourth-order valence-electron chi connectivity index (χ4n) is 3.85. The lowest BCUT2D eigenvalue weighted by molar-refractivity contribution is -0.130. The van der Waals surface area contributed by atoms with E-state index in [1.54, 1.807) is 11.5 Å². The number of hydrogen-bond acceptors (Lipinski definition) is 6. The average Bonchev–Trinajstić information content (AvgIpc) is 3.20. The first-order valence-corrected chi connectivity index (χ1v) is 12.4. The molecule has 7 nitrogen and oxygen atoms in total. The quantitative estimate of drug-likeness (QED) is 0.438. The summed E-state index contributed by atoms with van der Waals surface area (Å²) in [5.41, 5.74) is 3.12. The van der Waals surface area contributed by atoms with Gasteiger partial charge in [-0.3, -0.25) is 14.8 Å². The lowest BCUT2D eigenvalue weighted by Gasteiger charge is -2.35. The number of carbonyl (C=O) groups is 2. The Morgan fingerprint density at radius 1 is 1.17 bits per heavy atom. The van der Waals surface area contributed by atoms with Gasteiger partial charge in [0.15, 0.2) is 9.84 Å². The molecule has 0 spiro atoms. The minimum Gasteiger partial charge on any atom is -0.326 e. The zero-order valence-corrected chi connectivity index (χ0v) is 18.4. The standard InChI is InChI=1S/C21H26N2O5S2/c1-2-6-19(24)22-16-8-5-7-15(13-16)17-9-10-18(29-17)21(14-20(25)23-26)11-3-4-12-30(21,27)28/h5,7-10,13,26H,2-4,6,11-12,14H2,1H3,(H,22,24)(H,23,25)/t21-/m0/s1. The minimum absolute atomic E-state index is 0.0257. The second-order valence-electron chi connectivity index (χ2n) is 7.52. The molecule has 0 aliphatic carbocycles. The summed E-state index contributed by atoms with van der Waals surface area (Å²) in [5, 5.41) is 11.9. The third kappa shape index (κ3) is 4.58. The maximum absolute atomic E-state index is 13.0.